The molecule has 0 spiro atoms. The monoisotopic (exact) mass is 302 g/mol. The van der Waals surface area contributed by atoms with Crippen LogP contribution in [0.2, 0.25) is 0 Å². The van der Waals surface area contributed by atoms with Gasteiger partial charge in [-0.25, -0.2) is 0 Å². The van der Waals surface area contributed by atoms with Crippen molar-refractivity contribution in [1.82, 2.24) is 0 Å². The van der Waals surface area contributed by atoms with Crippen LogP contribution in [0.1, 0.15) is 35.3 Å². The van der Waals surface area contributed by atoms with Gasteiger partial charge in [-0.05, 0) is 42.7 Å². The Morgan fingerprint density at radius 3 is 2.39 bits per heavy atom. The van der Waals surface area contributed by atoms with E-state index in [1.807, 2.05) is 62.4 Å². The maximum absolute atomic E-state index is 12.7. The molecule has 2 aromatic rings. The minimum atomic E-state index is -0.806. The average Bonchev–Trinajstić information content (AvgIpc) is 2.59. The number of fused-ring (bicyclic) bond motifs is 1. The molecule has 2 nitrogen and oxygen atoms in total. The van der Waals surface area contributed by atoms with Crippen LogP contribution < -0.4 is 0 Å². The average molecular weight is 302 g/mol. The van der Waals surface area contributed by atoms with Gasteiger partial charge in [-0.3, -0.25) is 9.59 Å². The van der Waals surface area contributed by atoms with Gasteiger partial charge in [0.15, 0.2) is 11.6 Å². The summed E-state index contributed by atoms with van der Waals surface area (Å²) in [4.78, 5) is 25.0. The number of Topliss-reactive ketones (excluding diaryl/α,β-unsaturated/α-hetero) is 1. The molecule has 0 amide bonds. The molecular weight excluding hydrogens is 284 g/mol. The van der Waals surface area contributed by atoms with Gasteiger partial charge in [0.05, 0.1) is 5.41 Å². The zero-order valence-electron chi connectivity index (χ0n) is 13.2. The molecule has 0 saturated carbocycles. The number of ketones is 2. The molecule has 0 fully saturated rings. The minimum Gasteiger partial charge on any atom is -0.293 e. The Bertz CT molecular complexity index is 828. The lowest BCUT2D eigenvalue weighted by molar-refractivity contribution is -0.118. The second kappa shape index (κ2) is 5.81. The van der Waals surface area contributed by atoms with E-state index < -0.39 is 5.41 Å². The van der Waals surface area contributed by atoms with E-state index in [4.69, 9.17) is 0 Å². The van der Waals surface area contributed by atoms with Crippen molar-refractivity contribution in [3.8, 4) is 0 Å². The minimum absolute atomic E-state index is 0.0355. The van der Waals surface area contributed by atoms with E-state index in [9.17, 15) is 9.59 Å². The fourth-order valence-corrected chi connectivity index (χ4v) is 3.03. The first kappa shape index (κ1) is 15.2. The largest absolute Gasteiger partial charge is 0.293 e. The van der Waals surface area contributed by atoms with Gasteiger partial charge in [-0.15, -0.1) is 0 Å². The summed E-state index contributed by atoms with van der Waals surface area (Å²) in [6.07, 6.45) is 5.16. The van der Waals surface area contributed by atoms with Gasteiger partial charge in [0.25, 0.3) is 0 Å². The van der Waals surface area contributed by atoms with Crippen molar-refractivity contribution < 1.29 is 9.59 Å². The first-order valence-corrected chi connectivity index (χ1v) is 7.63. The third kappa shape index (κ3) is 2.68. The second-order valence-corrected chi connectivity index (χ2v) is 6.01. The number of allylic oxidation sites excluding steroid dienone is 3. The van der Waals surface area contributed by atoms with Crippen molar-refractivity contribution in [1.29, 1.82) is 0 Å². The molecule has 0 aromatic heterocycles. The molecule has 23 heavy (non-hydrogen) atoms. The standard InChI is InChI=1S/C21H18O2/c1-15-14-17-10-6-7-11-18(17)21(2,20(15)23)13-12-19(22)16-8-4-3-5-9-16/h3-14H,1-2H3/b13-12-/t21-/m1/s1. The van der Waals surface area contributed by atoms with Crippen LogP contribution >= 0.6 is 0 Å². The summed E-state index contributed by atoms with van der Waals surface area (Å²) in [5.74, 6) is -0.0578. The van der Waals surface area contributed by atoms with Crippen molar-refractivity contribution in [3.05, 3.63) is 89.0 Å². The molecule has 0 heterocycles. The topological polar surface area (TPSA) is 34.1 Å². The van der Waals surface area contributed by atoms with Crippen LogP contribution in [0.5, 0.6) is 0 Å². The number of carbonyl (C=O) groups is 2. The molecule has 1 aliphatic rings. The summed E-state index contributed by atoms with van der Waals surface area (Å²) >= 11 is 0. The van der Waals surface area contributed by atoms with E-state index in [0.717, 1.165) is 11.1 Å². The molecule has 114 valence electrons. The van der Waals surface area contributed by atoms with Crippen molar-refractivity contribution in [3.63, 3.8) is 0 Å². The maximum Gasteiger partial charge on any atom is 0.185 e. The first-order valence-electron chi connectivity index (χ1n) is 7.63. The number of benzene rings is 2. The Morgan fingerprint density at radius 2 is 1.65 bits per heavy atom. The highest BCUT2D eigenvalue weighted by Crippen LogP contribution is 2.37. The van der Waals surface area contributed by atoms with Gasteiger partial charge in [0, 0.05) is 5.56 Å². The van der Waals surface area contributed by atoms with Crippen LogP contribution in [0.25, 0.3) is 6.08 Å². The van der Waals surface area contributed by atoms with Crippen LogP contribution in [-0.2, 0) is 10.2 Å². The quantitative estimate of drug-likeness (QED) is 0.623. The summed E-state index contributed by atoms with van der Waals surface area (Å²) in [6, 6.07) is 16.9. The summed E-state index contributed by atoms with van der Waals surface area (Å²) in [6.45, 7) is 3.70. The van der Waals surface area contributed by atoms with E-state index in [1.165, 1.54) is 6.08 Å². The van der Waals surface area contributed by atoms with Crippen LogP contribution in [0.3, 0.4) is 0 Å². The molecule has 0 unspecified atom stereocenters. The number of carbonyl (C=O) groups excluding carboxylic acids is 2. The number of hydrogen-bond acceptors (Lipinski definition) is 2. The van der Waals surface area contributed by atoms with Gasteiger partial charge in [0.1, 0.15) is 0 Å². The Labute approximate surface area is 136 Å². The normalized spacial score (nSPS) is 20.3. The van der Waals surface area contributed by atoms with Gasteiger partial charge < -0.3 is 0 Å². The van der Waals surface area contributed by atoms with Crippen molar-refractivity contribution in [2.75, 3.05) is 0 Å². The van der Waals surface area contributed by atoms with E-state index in [1.54, 1.807) is 18.2 Å². The van der Waals surface area contributed by atoms with Gasteiger partial charge >= 0.3 is 0 Å². The maximum atomic E-state index is 12.7. The molecule has 0 N–H and O–H groups in total. The molecule has 0 saturated heterocycles. The van der Waals surface area contributed by atoms with Gasteiger partial charge in [-0.1, -0.05) is 60.7 Å². The number of hydrogen-bond donors (Lipinski definition) is 0. The van der Waals surface area contributed by atoms with Gasteiger partial charge in [0.2, 0.25) is 0 Å². The summed E-state index contributed by atoms with van der Waals surface area (Å²) in [5.41, 5.74) is 2.50. The highest BCUT2D eigenvalue weighted by Gasteiger charge is 2.37. The van der Waals surface area contributed by atoms with Crippen LogP contribution in [0.15, 0.2) is 72.3 Å². The zero-order valence-corrected chi connectivity index (χ0v) is 13.2. The lowest BCUT2D eigenvalue weighted by Gasteiger charge is -2.31. The fraction of sp³-hybridized carbons (Fsp3) is 0.143. The smallest absolute Gasteiger partial charge is 0.185 e. The Morgan fingerprint density at radius 1 is 1.00 bits per heavy atom. The molecule has 3 rings (SSSR count). The molecule has 0 bridgehead atoms. The molecular formula is C21H18O2. The SMILES string of the molecule is CC1=Cc2ccccc2[C@@](C)(/C=C\C(=O)c2ccccc2)C1=O. The molecule has 0 radical (unpaired) electrons. The predicted molar refractivity (Wildman–Crippen MR) is 92.4 cm³/mol. The lowest BCUT2D eigenvalue weighted by atomic mass is 9.70. The third-order valence-electron chi connectivity index (χ3n) is 4.35. The van der Waals surface area contributed by atoms with Crippen molar-refractivity contribution in [2.45, 2.75) is 19.3 Å². The fourth-order valence-electron chi connectivity index (χ4n) is 3.03. The Kier molecular flexibility index (Phi) is 3.83. The van der Waals surface area contributed by atoms with Crippen molar-refractivity contribution >= 4 is 17.6 Å². The van der Waals surface area contributed by atoms with Crippen molar-refractivity contribution in [2.24, 2.45) is 0 Å². The second-order valence-electron chi connectivity index (χ2n) is 6.01. The third-order valence-corrected chi connectivity index (χ3v) is 4.35. The van der Waals surface area contributed by atoms with E-state index >= 15 is 0 Å². The lowest BCUT2D eigenvalue weighted by Crippen LogP contribution is -2.34. The summed E-state index contributed by atoms with van der Waals surface area (Å²) in [7, 11) is 0. The Hall–Kier alpha value is -2.74. The Balaban J connectivity index is 2.01. The van der Waals surface area contributed by atoms with E-state index in [2.05, 4.69) is 0 Å². The molecule has 0 aliphatic heterocycles. The zero-order chi connectivity index (χ0) is 16.4. The highest BCUT2D eigenvalue weighted by atomic mass is 16.1. The van der Waals surface area contributed by atoms with Crippen LogP contribution in [0.4, 0.5) is 0 Å². The van der Waals surface area contributed by atoms with Gasteiger partial charge in [-0.2, -0.15) is 0 Å². The molecule has 2 heteroatoms. The van der Waals surface area contributed by atoms with E-state index in [-0.39, 0.29) is 11.6 Å². The van der Waals surface area contributed by atoms with Crippen LogP contribution in [0, 0.1) is 0 Å². The van der Waals surface area contributed by atoms with Crippen LogP contribution in [-0.4, -0.2) is 11.6 Å². The molecule has 1 aliphatic carbocycles. The summed E-state index contributed by atoms with van der Waals surface area (Å²) in [5, 5.41) is 0. The first-order chi connectivity index (χ1) is 11.0. The number of rotatable bonds is 3. The molecule has 2 aromatic carbocycles. The van der Waals surface area contributed by atoms with E-state index in [0.29, 0.717) is 11.1 Å². The molecule has 1 atom stereocenters. The predicted octanol–water partition coefficient (Wildman–Crippen LogP) is 4.37. The highest BCUT2D eigenvalue weighted by molar-refractivity contribution is 6.11. The summed E-state index contributed by atoms with van der Waals surface area (Å²) < 4.78 is 0.